The summed E-state index contributed by atoms with van der Waals surface area (Å²) in [5, 5.41) is 0. The topological polar surface area (TPSA) is 35.0 Å². The summed E-state index contributed by atoms with van der Waals surface area (Å²) in [5.74, 6) is -0.304. The van der Waals surface area contributed by atoms with E-state index in [1.54, 1.807) is 36.3 Å². The number of thioether (sulfide) groups is 1. The summed E-state index contributed by atoms with van der Waals surface area (Å²) in [6.45, 7) is 4.20. The molecule has 0 aliphatic rings. The molecule has 0 aliphatic heterocycles. The number of aromatic nitrogens is 2. The van der Waals surface area contributed by atoms with Gasteiger partial charge in [-0.05, 0) is 77.7 Å². The number of rotatable bonds is 12. The quantitative estimate of drug-likeness (QED) is 0.0794. The Labute approximate surface area is 259 Å². The molecule has 0 aliphatic carbocycles. The van der Waals surface area contributed by atoms with E-state index < -0.39 is 23.3 Å². The van der Waals surface area contributed by atoms with Crippen LogP contribution in [0.5, 0.6) is 5.75 Å². The molecule has 4 aromatic carbocycles. The number of benzene rings is 4. The molecule has 5 aromatic rings. The summed E-state index contributed by atoms with van der Waals surface area (Å²) in [6.07, 6.45) is 4.02. The van der Waals surface area contributed by atoms with Crippen LogP contribution in [0.25, 0.3) is 33.6 Å². The SMILES string of the molecule is CCCCCc1cnc(-c2ccc(C(F)(F)Oc3ccc(-c4ccc(-c5ccc(SCC)cc5)c(F)c4)c(F)c3)cc2)nc1. The first-order chi connectivity index (χ1) is 21.3. The van der Waals surface area contributed by atoms with Crippen molar-refractivity contribution in [3.8, 4) is 39.4 Å². The van der Waals surface area contributed by atoms with Gasteiger partial charge in [-0.1, -0.05) is 63.1 Å². The van der Waals surface area contributed by atoms with Gasteiger partial charge in [0.1, 0.15) is 17.4 Å². The largest absolute Gasteiger partial charge is 0.429 e. The lowest BCUT2D eigenvalue weighted by molar-refractivity contribution is -0.185. The molecule has 44 heavy (non-hydrogen) atoms. The Bertz CT molecular complexity index is 1690. The molecular formula is C36H32F4N2OS. The van der Waals surface area contributed by atoms with Gasteiger partial charge in [0.05, 0.1) is 5.56 Å². The predicted molar refractivity (Wildman–Crippen MR) is 169 cm³/mol. The number of nitrogens with zero attached hydrogens (tertiary/aromatic N) is 2. The van der Waals surface area contributed by atoms with Crippen molar-refractivity contribution in [2.45, 2.75) is 50.5 Å². The zero-order valence-electron chi connectivity index (χ0n) is 24.5. The lowest BCUT2D eigenvalue weighted by Crippen LogP contribution is -2.21. The maximum Gasteiger partial charge on any atom is 0.426 e. The van der Waals surface area contributed by atoms with Crippen molar-refractivity contribution in [2.75, 3.05) is 5.75 Å². The van der Waals surface area contributed by atoms with Crippen molar-refractivity contribution in [3.63, 3.8) is 0 Å². The molecule has 8 heteroatoms. The zero-order chi connectivity index (χ0) is 31.1. The van der Waals surface area contributed by atoms with E-state index in [1.165, 1.54) is 42.5 Å². The van der Waals surface area contributed by atoms with Crippen LogP contribution in [0.1, 0.15) is 44.2 Å². The van der Waals surface area contributed by atoms with Crippen LogP contribution in [0.4, 0.5) is 17.6 Å². The molecule has 0 unspecified atom stereocenters. The van der Waals surface area contributed by atoms with Crippen molar-refractivity contribution in [2.24, 2.45) is 0 Å². The third-order valence-corrected chi connectivity index (χ3v) is 8.09. The summed E-state index contributed by atoms with van der Waals surface area (Å²) in [4.78, 5) is 9.83. The van der Waals surface area contributed by atoms with Crippen LogP contribution in [-0.2, 0) is 12.5 Å². The summed E-state index contributed by atoms with van der Waals surface area (Å²) in [7, 11) is 0. The van der Waals surface area contributed by atoms with Crippen LogP contribution >= 0.6 is 11.8 Å². The average Bonchev–Trinajstić information content (AvgIpc) is 3.02. The molecule has 0 atom stereocenters. The van der Waals surface area contributed by atoms with E-state index in [2.05, 4.69) is 23.8 Å². The molecular weight excluding hydrogens is 584 g/mol. The lowest BCUT2D eigenvalue weighted by atomic mass is 9.99. The molecule has 0 bridgehead atoms. The van der Waals surface area contributed by atoms with Crippen LogP contribution in [0, 0.1) is 11.6 Å². The molecule has 1 heterocycles. The number of alkyl halides is 2. The van der Waals surface area contributed by atoms with Crippen LogP contribution in [-0.4, -0.2) is 15.7 Å². The second-order valence-corrected chi connectivity index (χ2v) is 11.7. The minimum Gasteiger partial charge on any atom is -0.429 e. The first-order valence-electron chi connectivity index (χ1n) is 14.6. The minimum atomic E-state index is -3.73. The molecule has 0 N–H and O–H groups in total. The minimum absolute atomic E-state index is 0.0709. The third kappa shape index (κ3) is 7.48. The van der Waals surface area contributed by atoms with Gasteiger partial charge in [-0.15, -0.1) is 11.8 Å². The van der Waals surface area contributed by atoms with Gasteiger partial charge in [0.25, 0.3) is 0 Å². The van der Waals surface area contributed by atoms with E-state index in [0.29, 0.717) is 22.5 Å². The highest BCUT2D eigenvalue weighted by atomic mass is 32.2. The Hall–Kier alpha value is -4.17. The van der Waals surface area contributed by atoms with Gasteiger partial charge < -0.3 is 4.74 Å². The number of hydrogen-bond acceptors (Lipinski definition) is 4. The Morgan fingerprint density at radius 3 is 1.95 bits per heavy atom. The lowest BCUT2D eigenvalue weighted by Gasteiger charge is -2.19. The van der Waals surface area contributed by atoms with Crippen molar-refractivity contribution >= 4 is 11.8 Å². The third-order valence-electron chi connectivity index (χ3n) is 7.20. The summed E-state index contributed by atoms with van der Waals surface area (Å²) in [6, 6.07) is 20.9. The van der Waals surface area contributed by atoms with Crippen LogP contribution in [0.15, 0.2) is 102 Å². The molecule has 0 amide bonds. The summed E-state index contributed by atoms with van der Waals surface area (Å²) < 4.78 is 65.1. The van der Waals surface area contributed by atoms with Gasteiger partial charge in [-0.2, -0.15) is 8.78 Å². The van der Waals surface area contributed by atoms with E-state index in [4.69, 9.17) is 4.74 Å². The van der Waals surface area contributed by atoms with Gasteiger partial charge in [-0.25, -0.2) is 18.7 Å². The molecule has 0 saturated carbocycles. The monoisotopic (exact) mass is 616 g/mol. The highest BCUT2D eigenvalue weighted by Crippen LogP contribution is 2.36. The fourth-order valence-electron chi connectivity index (χ4n) is 4.84. The van der Waals surface area contributed by atoms with Crippen LogP contribution in [0.3, 0.4) is 0 Å². The van der Waals surface area contributed by atoms with E-state index in [0.717, 1.165) is 48.0 Å². The maximum atomic E-state index is 15.1. The van der Waals surface area contributed by atoms with E-state index in [-0.39, 0.29) is 16.9 Å². The first kappa shape index (κ1) is 31.3. The van der Waals surface area contributed by atoms with Crippen molar-refractivity contribution < 1.29 is 22.3 Å². The fourth-order valence-corrected chi connectivity index (χ4v) is 5.50. The second-order valence-electron chi connectivity index (χ2n) is 10.4. The Morgan fingerprint density at radius 1 is 0.705 bits per heavy atom. The molecule has 3 nitrogen and oxygen atoms in total. The van der Waals surface area contributed by atoms with Gasteiger partial charge in [-0.3, -0.25) is 0 Å². The van der Waals surface area contributed by atoms with Gasteiger partial charge in [0.15, 0.2) is 5.82 Å². The smallest absolute Gasteiger partial charge is 0.426 e. The number of aryl methyl sites for hydroxylation is 1. The van der Waals surface area contributed by atoms with Crippen LogP contribution in [0.2, 0.25) is 0 Å². The van der Waals surface area contributed by atoms with Gasteiger partial charge in [0, 0.05) is 40.0 Å². The highest BCUT2D eigenvalue weighted by Gasteiger charge is 2.34. The highest BCUT2D eigenvalue weighted by molar-refractivity contribution is 7.99. The zero-order valence-corrected chi connectivity index (χ0v) is 25.3. The Kier molecular flexibility index (Phi) is 10.0. The van der Waals surface area contributed by atoms with E-state index >= 15 is 17.6 Å². The van der Waals surface area contributed by atoms with Gasteiger partial charge >= 0.3 is 6.11 Å². The molecule has 0 radical (unpaired) electrons. The van der Waals surface area contributed by atoms with Crippen LogP contribution < -0.4 is 4.74 Å². The Morgan fingerprint density at radius 2 is 1.32 bits per heavy atom. The molecule has 226 valence electrons. The molecule has 0 spiro atoms. The number of hydrogen-bond donors (Lipinski definition) is 0. The normalized spacial score (nSPS) is 11.5. The first-order valence-corrected chi connectivity index (χ1v) is 15.6. The summed E-state index contributed by atoms with van der Waals surface area (Å²) in [5.41, 5.74) is 2.67. The standard InChI is InChI=1S/C36H32F4N2OS/c1-3-5-6-7-24-22-41-35(42-23-24)26-8-13-28(14-9-26)36(39,40)43-29-15-19-32(34(38)21-29)27-12-18-31(33(37)20-27)25-10-16-30(17-11-25)44-4-2/h8-23H,3-7H2,1-2H3. The van der Waals surface area contributed by atoms with Crippen molar-refractivity contribution in [1.29, 1.82) is 0 Å². The number of unbranched alkanes of at least 4 members (excludes halogenated alkanes) is 2. The average molecular weight is 617 g/mol. The summed E-state index contributed by atoms with van der Waals surface area (Å²) >= 11 is 1.69. The molecule has 0 fully saturated rings. The van der Waals surface area contributed by atoms with E-state index in [1.807, 2.05) is 24.3 Å². The maximum absolute atomic E-state index is 15.1. The Balaban J connectivity index is 1.26. The van der Waals surface area contributed by atoms with Crippen molar-refractivity contribution in [1.82, 2.24) is 9.97 Å². The van der Waals surface area contributed by atoms with E-state index in [9.17, 15) is 0 Å². The molecule has 0 saturated heterocycles. The molecule has 1 aromatic heterocycles. The molecule has 5 rings (SSSR count). The predicted octanol–water partition coefficient (Wildman–Crippen LogP) is 10.7. The number of halogens is 4. The van der Waals surface area contributed by atoms with Gasteiger partial charge in [0.2, 0.25) is 0 Å². The fraction of sp³-hybridized carbons (Fsp3) is 0.222. The number of ether oxygens (including phenoxy) is 1. The van der Waals surface area contributed by atoms with Crippen molar-refractivity contribution in [3.05, 3.63) is 120 Å². The second kappa shape index (κ2) is 14.1.